The number of alkyl halides is 3. The second kappa shape index (κ2) is 9.52. The van der Waals surface area contributed by atoms with Gasteiger partial charge in [-0.2, -0.15) is 13.2 Å². The van der Waals surface area contributed by atoms with Crippen molar-refractivity contribution >= 4 is 22.8 Å². The molecule has 12 heteroatoms. The molecule has 1 aliphatic rings. The molecule has 5 rings (SSSR count). The van der Waals surface area contributed by atoms with Gasteiger partial charge in [0, 0.05) is 44.1 Å². The van der Waals surface area contributed by atoms with Gasteiger partial charge in [0.1, 0.15) is 0 Å². The smallest absolute Gasteiger partial charge is 0.337 e. The summed E-state index contributed by atoms with van der Waals surface area (Å²) in [7, 11) is 0. The van der Waals surface area contributed by atoms with Gasteiger partial charge in [0.05, 0.1) is 23.0 Å². The molecule has 4 aromatic rings. The molecule has 1 N–H and O–H groups in total. The second-order valence-corrected chi connectivity index (χ2v) is 8.60. The third-order valence-electron chi connectivity index (χ3n) is 6.24. The maximum Gasteiger partial charge on any atom is 0.416 e. The fourth-order valence-corrected chi connectivity index (χ4v) is 4.35. The number of carbonyl (C=O) groups excluding carboxylic acids is 1. The summed E-state index contributed by atoms with van der Waals surface area (Å²) in [6.45, 7) is 1.93. The minimum Gasteiger partial charge on any atom is -0.337 e. The van der Waals surface area contributed by atoms with Gasteiger partial charge < -0.3 is 9.80 Å². The van der Waals surface area contributed by atoms with E-state index < -0.39 is 23.0 Å². The van der Waals surface area contributed by atoms with Crippen LogP contribution in [0, 0.1) is 0 Å². The molecular formula is C25H21F3N6O3. The molecule has 37 heavy (non-hydrogen) atoms. The van der Waals surface area contributed by atoms with Crippen LogP contribution in [0.25, 0.3) is 10.9 Å². The molecule has 0 spiro atoms. The molecule has 0 unspecified atom stereocenters. The molecule has 1 amide bonds. The molecule has 0 saturated carbocycles. The SMILES string of the molecule is O=C(c1cccc(Cn2c(=O)[nH]c(=O)c3ccc(C(F)(F)F)cc32)c1)N1CCN(c2ncccn2)CC1. The Morgan fingerprint density at radius 1 is 0.946 bits per heavy atom. The quantitative estimate of drug-likeness (QED) is 0.453. The maximum absolute atomic E-state index is 13.3. The summed E-state index contributed by atoms with van der Waals surface area (Å²) in [6, 6.07) is 10.9. The summed E-state index contributed by atoms with van der Waals surface area (Å²) in [5, 5.41) is -0.0416. The predicted molar refractivity (Wildman–Crippen MR) is 130 cm³/mol. The summed E-state index contributed by atoms with van der Waals surface area (Å²) in [4.78, 5) is 52.2. The second-order valence-electron chi connectivity index (χ2n) is 8.60. The van der Waals surface area contributed by atoms with Gasteiger partial charge in [-0.1, -0.05) is 12.1 Å². The molecule has 1 saturated heterocycles. The monoisotopic (exact) mass is 510 g/mol. The number of hydrogen-bond acceptors (Lipinski definition) is 6. The third-order valence-corrected chi connectivity index (χ3v) is 6.24. The number of carbonyl (C=O) groups is 1. The van der Waals surface area contributed by atoms with Crippen molar-refractivity contribution in [1.29, 1.82) is 0 Å². The standard InChI is InChI=1S/C25H21F3N6O3/c26-25(27,28)18-5-6-19-20(14-18)34(24(37)31-21(19)35)15-16-3-1-4-17(13-16)22(36)32-9-11-33(12-10-32)23-29-7-2-8-30-23/h1-8,13-14H,9-12,15H2,(H,31,35,37). The minimum atomic E-state index is -4.64. The lowest BCUT2D eigenvalue weighted by molar-refractivity contribution is -0.137. The van der Waals surface area contributed by atoms with Crippen LogP contribution in [-0.2, 0) is 12.7 Å². The topological polar surface area (TPSA) is 104 Å². The van der Waals surface area contributed by atoms with Crippen LogP contribution in [-0.4, -0.2) is 56.5 Å². The van der Waals surface area contributed by atoms with Crippen LogP contribution < -0.4 is 16.1 Å². The first-order chi connectivity index (χ1) is 17.7. The molecule has 3 heterocycles. The Bertz CT molecular complexity index is 1570. The number of aromatic amines is 1. The lowest BCUT2D eigenvalue weighted by Gasteiger charge is -2.34. The number of piperazine rings is 1. The lowest BCUT2D eigenvalue weighted by Crippen LogP contribution is -2.49. The van der Waals surface area contributed by atoms with Gasteiger partial charge in [-0.3, -0.25) is 19.1 Å². The largest absolute Gasteiger partial charge is 0.416 e. The predicted octanol–water partition coefficient (Wildman–Crippen LogP) is 2.51. The van der Waals surface area contributed by atoms with E-state index in [1.807, 2.05) is 4.90 Å². The van der Waals surface area contributed by atoms with E-state index in [2.05, 4.69) is 15.0 Å². The number of H-pyrrole nitrogens is 1. The Kier molecular flexibility index (Phi) is 6.24. The van der Waals surface area contributed by atoms with Crippen LogP contribution in [0.4, 0.5) is 19.1 Å². The molecule has 9 nitrogen and oxygen atoms in total. The zero-order chi connectivity index (χ0) is 26.2. The molecule has 1 fully saturated rings. The number of rotatable bonds is 4. The summed E-state index contributed by atoms with van der Waals surface area (Å²) in [5.74, 6) is 0.400. The van der Waals surface area contributed by atoms with Crippen molar-refractivity contribution < 1.29 is 18.0 Å². The first kappa shape index (κ1) is 24.2. The third kappa shape index (κ3) is 4.95. The van der Waals surface area contributed by atoms with E-state index in [4.69, 9.17) is 0 Å². The Balaban J connectivity index is 1.39. The van der Waals surface area contributed by atoms with E-state index in [0.29, 0.717) is 43.3 Å². The lowest BCUT2D eigenvalue weighted by atomic mass is 10.1. The van der Waals surface area contributed by atoms with E-state index in [1.165, 1.54) is 0 Å². The van der Waals surface area contributed by atoms with Crippen molar-refractivity contribution in [3.8, 4) is 0 Å². The maximum atomic E-state index is 13.3. The van der Waals surface area contributed by atoms with Gasteiger partial charge in [-0.05, 0) is 42.0 Å². The molecule has 2 aromatic heterocycles. The first-order valence-electron chi connectivity index (χ1n) is 11.4. The summed E-state index contributed by atoms with van der Waals surface area (Å²) in [5.41, 5.74) is -1.81. The number of hydrogen-bond donors (Lipinski definition) is 1. The van der Waals surface area contributed by atoms with Gasteiger partial charge in [-0.25, -0.2) is 14.8 Å². The molecule has 0 atom stereocenters. The van der Waals surface area contributed by atoms with Crippen LogP contribution in [0.1, 0.15) is 21.5 Å². The number of aromatic nitrogens is 4. The summed E-state index contributed by atoms with van der Waals surface area (Å²) < 4.78 is 40.9. The number of nitrogens with one attached hydrogen (secondary N) is 1. The average molecular weight is 510 g/mol. The minimum absolute atomic E-state index is 0.0416. The van der Waals surface area contributed by atoms with Crippen LogP contribution in [0.2, 0.25) is 0 Å². The summed E-state index contributed by atoms with van der Waals surface area (Å²) in [6.07, 6.45) is -1.32. The zero-order valence-corrected chi connectivity index (χ0v) is 19.4. The fourth-order valence-electron chi connectivity index (χ4n) is 4.35. The number of amides is 1. The number of halogens is 3. The van der Waals surface area contributed by atoms with Crippen molar-refractivity contribution in [3.63, 3.8) is 0 Å². The zero-order valence-electron chi connectivity index (χ0n) is 19.4. The van der Waals surface area contributed by atoms with Crippen molar-refractivity contribution in [1.82, 2.24) is 24.4 Å². The van der Waals surface area contributed by atoms with Gasteiger partial charge in [0.2, 0.25) is 5.95 Å². The number of benzene rings is 2. The molecule has 0 aliphatic carbocycles. The van der Waals surface area contributed by atoms with Crippen LogP contribution in [0.3, 0.4) is 0 Å². The summed E-state index contributed by atoms with van der Waals surface area (Å²) >= 11 is 0. The van der Waals surface area contributed by atoms with E-state index >= 15 is 0 Å². The Hall–Kier alpha value is -4.48. The van der Waals surface area contributed by atoms with E-state index in [0.717, 1.165) is 22.8 Å². The molecule has 0 radical (unpaired) electrons. The molecule has 0 bridgehead atoms. The highest BCUT2D eigenvalue weighted by molar-refractivity contribution is 5.94. The fraction of sp³-hybridized carbons (Fsp3) is 0.240. The van der Waals surface area contributed by atoms with Crippen LogP contribution in [0.5, 0.6) is 0 Å². The van der Waals surface area contributed by atoms with Gasteiger partial charge >= 0.3 is 11.9 Å². The normalized spacial score (nSPS) is 14.2. The number of fused-ring (bicyclic) bond motifs is 1. The highest BCUT2D eigenvalue weighted by Gasteiger charge is 2.31. The van der Waals surface area contributed by atoms with Gasteiger partial charge in [0.15, 0.2) is 0 Å². The van der Waals surface area contributed by atoms with E-state index in [1.54, 1.807) is 47.6 Å². The molecular weight excluding hydrogens is 489 g/mol. The van der Waals surface area contributed by atoms with Gasteiger partial charge in [-0.15, -0.1) is 0 Å². The molecule has 190 valence electrons. The Labute approximate surface area is 207 Å². The van der Waals surface area contributed by atoms with Crippen molar-refractivity contribution in [2.75, 3.05) is 31.1 Å². The Morgan fingerprint density at radius 2 is 1.68 bits per heavy atom. The number of anilines is 1. The van der Waals surface area contributed by atoms with Crippen LogP contribution in [0.15, 0.2) is 70.5 Å². The van der Waals surface area contributed by atoms with Crippen LogP contribution >= 0.6 is 0 Å². The van der Waals surface area contributed by atoms with Gasteiger partial charge in [0.25, 0.3) is 11.5 Å². The van der Waals surface area contributed by atoms with Crippen molar-refractivity contribution in [2.24, 2.45) is 0 Å². The van der Waals surface area contributed by atoms with Crippen molar-refractivity contribution in [3.05, 3.63) is 98.5 Å². The highest BCUT2D eigenvalue weighted by Crippen LogP contribution is 2.30. The first-order valence-corrected chi connectivity index (χ1v) is 11.4. The number of nitrogens with zero attached hydrogens (tertiary/aromatic N) is 5. The molecule has 1 aliphatic heterocycles. The van der Waals surface area contributed by atoms with E-state index in [9.17, 15) is 27.6 Å². The highest BCUT2D eigenvalue weighted by atomic mass is 19.4. The Morgan fingerprint density at radius 3 is 2.38 bits per heavy atom. The van der Waals surface area contributed by atoms with E-state index in [-0.39, 0.29) is 23.4 Å². The average Bonchev–Trinajstić information content (AvgIpc) is 2.90. The van der Waals surface area contributed by atoms with Crippen molar-refractivity contribution in [2.45, 2.75) is 12.7 Å². The molecule has 2 aromatic carbocycles.